The molecule has 106 valence electrons. The Hall–Kier alpha value is -1.58. The molecule has 2 aromatic rings. The number of fused-ring (bicyclic) bond motifs is 1. The number of halogens is 2. The van der Waals surface area contributed by atoms with Gasteiger partial charge in [0.15, 0.2) is 0 Å². The topological polar surface area (TPSA) is 28.5 Å². The highest BCUT2D eigenvalue weighted by Crippen LogP contribution is 2.32. The van der Waals surface area contributed by atoms with Crippen LogP contribution in [0.15, 0.2) is 53.8 Å². The maximum atomic E-state index is 4.48. The first-order valence-electron chi connectivity index (χ1n) is 6.12. The first-order valence-corrected chi connectivity index (χ1v) is 6.12. The number of rotatable bonds is 2. The van der Waals surface area contributed by atoms with Gasteiger partial charge in [-0.05, 0) is 18.6 Å². The van der Waals surface area contributed by atoms with Crippen molar-refractivity contribution in [3.8, 4) is 0 Å². The van der Waals surface area contributed by atoms with Gasteiger partial charge in [0.2, 0.25) is 0 Å². The first-order chi connectivity index (χ1) is 8.84. The van der Waals surface area contributed by atoms with Crippen molar-refractivity contribution >= 4 is 36.8 Å². The molecule has 0 spiro atoms. The van der Waals surface area contributed by atoms with Gasteiger partial charge in [0.1, 0.15) is 0 Å². The first kappa shape index (κ1) is 16.5. The molecule has 1 unspecified atom stereocenters. The number of benzene rings is 1. The summed E-state index contributed by atoms with van der Waals surface area (Å²) < 4.78 is 0. The SMILES string of the molecule is CC1c2cnccc2N=CN1Cc1ccccc1.Cl.Cl. The Balaban J connectivity index is 0.000001000. The average molecular weight is 310 g/mol. The molecule has 1 aromatic heterocycles. The van der Waals surface area contributed by atoms with Crippen LogP contribution in [0.4, 0.5) is 5.69 Å². The van der Waals surface area contributed by atoms with Crippen LogP contribution in [0.2, 0.25) is 0 Å². The third-order valence-corrected chi connectivity index (χ3v) is 3.33. The molecule has 1 aliphatic rings. The largest absolute Gasteiger partial charge is 0.351 e. The molecule has 3 nitrogen and oxygen atoms in total. The lowest BCUT2D eigenvalue weighted by Crippen LogP contribution is -2.27. The minimum Gasteiger partial charge on any atom is -0.351 e. The number of aromatic nitrogens is 1. The van der Waals surface area contributed by atoms with E-state index in [1.54, 1.807) is 6.20 Å². The van der Waals surface area contributed by atoms with Crippen LogP contribution in [-0.2, 0) is 6.54 Å². The summed E-state index contributed by atoms with van der Waals surface area (Å²) >= 11 is 0. The third-order valence-electron chi connectivity index (χ3n) is 3.33. The Morgan fingerprint density at radius 3 is 2.60 bits per heavy atom. The van der Waals surface area contributed by atoms with E-state index in [4.69, 9.17) is 0 Å². The molecule has 0 aliphatic carbocycles. The van der Waals surface area contributed by atoms with Crippen molar-refractivity contribution in [2.24, 2.45) is 4.99 Å². The van der Waals surface area contributed by atoms with Crippen molar-refractivity contribution in [2.45, 2.75) is 19.5 Å². The van der Waals surface area contributed by atoms with Crippen LogP contribution < -0.4 is 0 Å². The van der Waals surface area contributed by atoms with Gasteiger partial charge in [-0.25, -0.2) is 4.99 Å². The van der Waals surface area contributed by atoms with Gasteiger partial charge in [0.25, 0.3) is 0 Å². The fraction of sp³-hybridized carbons (Fsp3) is 0.200. The summed E-state index contributed by atoms with van der Waals surface area (Å²) in [6.07, 6.45) is 5.63. The molecule has 3 rings (SSSR count). The van der Waals surface area contributed by atoms with Gasteiger partial charge >= 0.3 is 0 Å². The summed E-state index contributed by atoms with van der Waals surface area (Å²) in [7, 11) is 0. The number of nitrogens with zero attached hydrogens (tertiary/aromatic N) is 3. The molecular weight excluding hydrogens is 293 g/mol. The van der Waals surface area contributed by atoms with Crippen LogP contribution in [0.5, 0.6) is 0 Å². The van der Waals surface area contributed by atoms with Gasteiger partial charge < -0.3 is 4.90 Å². The van der Waals surface area contributed by atoms with E-state index in [0.29, 0.717) is 6.04 Å². The number of hydrogen-bond acceptors (Lipinski definition) is 3. The van der Waals surface area contributed by atoms with Crippen molar-refractivity contribution in [2.75, 3.05) is 0 Å². The molecular formula is C15H17Cl2N3. The molecule has 1 aromatic carbocycles. The monoisotopic (exact) mass is 309 g/mol. The quantitative estimate of drug-likeness (QED) is 0.833. The van der Waals surface area contributed by atoms with Gasteiger partial charge in [-0.15, -0.1) is 24.8 Å². The Morgan fingerprint density at radius 2 is 1.85 bits per heavy atom. The molecule has 0 saturated heterocycles. The third kappa shape index (κ3) is 3.30. The van der Waals surface area contributed by atoms with E-state index in [2.05, 4.69) is 46.1 Å². The highest BCUT2D eigenvalue weighted by molar-refractivity contribution is 5.85. The second-order valence-corrected chi connectivity index (χ2v) is 4.51. The molecule has 0 N–H and O–H groups in total. The van der Waals surface area contributed by atoms with Crippen molar-refractivity contribution in [1.82, 2.24) is 9.88 Å². The molecule has 5 heteroatoms. The number of pyridine rings is 1. The van der Waals surface area contributed by atoms with E-state index in [9.17, 15) is 0 Å². The van der Waals surface area contributed by atoms with Crippen LogP contribution in [0.3, 0.4) is 0 Å². The fourth-order valence-electron chi connectivity index (χ4n) is 2.23. The fourth-order valence-corrected chi connectivity index (χ4v) is 2.23. The van der Waals surface area contributed by atoms with Gasteiger partial charge in [-0.2, -0.15) is 0 Å². The summed E-state index contributed by atoms with van der Waals surface area (Å²) in [6, 6.07) is 12.7. The zero-order valence-corrected chi connectivity index (χ0v) is 12.8. The highest BCUT2D eigenvalue weighted by Gasteiger charge is 2.20. The Morgan fingerprint density at radius 1 is 1.10 bits per heavy atom. The van der Waals surface area contributed by atoms with E-state index in [-0.39, 0.29) is 24.8 Å². The Kier molecular flexibility index (Phi) is 5.99. The lowest BCUT2D eigenvalue weighted by molar-refractivity contribution is 0.334. The second kappa shape index (κ2) is 7.27. The average Bonchev–Trinajstić information content (AvgIpc) is 2.43. The van der Waals surface area contributed by atoms with Gasteiger partial charge in [-0.1, -0.05) is 30.3 Å². The van der Waals surface area contributed by atoms with Crippen molar-refractivity contribution in [3.63, 3.8) is 0 Å². The lowest BCUT2D eigenvalue weighted by atomic mass is 10.1. The Labute approximate surface area is 131 Å². The van der Waals surface area contributed by atoms with Crippen molar-refractivity contribution < 1.29 is 0 Å². The summed E-state index contributed by atoms with van der Waals surface area (Å²) in [4.78, 5) is 10.9. The number of aliphatic imine (C=N–C) groups is 1. The zero-order chi connectivity index (χ0) is 12.4. The van der Waals surface area contributed by atoms with Crippen molar-refractivity contribution in [1.29, 1.82) is 0 Å². The van der Waals surface area contributed by atoms with Gasteiger partial charge in [0.05, 0.1) is 18.1 Å². The van der Waals surface area contributed by atoms with E-state index in [0.717, 1.165) is 12.2 Å². The van der Waals surface area contributed by atoms with Crippen LogP contribution in [0, 0.1) is 0 Å². The normalized spacial score (nSPS) is 15.8. The molecule has 0 saturated carbocycles. The zero-order valence-electron chi connectivity index (χ0n) is 11.1. The minimum atomic E-state index is 0. The van der Waals surface area contributed by atoms with Crippen LogP contribution in [0.1, 0.15) is 24.1 Å². The summed E-state index contributed by atoms with van der Waals surface area (Å²) in [5.41, 5.74) is 3.51. The summed E-state index contributed by atoms with van der Waals surface area (Å²) in [5.74, 6) is 0. The standard InChI is InChI=1S/C15H15N3.2ClH/c1-12-14-9-16-8-7-15(14)17-11-18(12)10-13-5-3-2-4-6-13;;/h2-9,11-12H,10H2,1H3;2*1H. The molecule has 2 heterocycles. The maximum Gasteiger partial charge on any atom is 0.0920 e. The predicted molar refractivity (Wildman–Crippen MR) is 87.3 cm³/mol. The lowest BCUT2D eigenvalue weighted by Gasteiger charge is -2.31. The van der Waals surface area contributed by atoms with Gasteiger partial charge in [-0.3, -0.25) is 4.98 Å². The molecule has 1 atom stereocenters. The van der Waals surface area contributed by atoms with Crippen LogP contribution in [0.25, 0.3) is 0 Å². The molecule has 0 bridgehead atoms. The van der Waals surface area contributed by atoms with Crippen LogP contribution >= 0.6 is 24.8 Å². The van der Waals surface area contributed by atoms with E-state index < -0.39 is 0 Å². The summed E-state index contributed by atoms with van der Waals surface area (Å²) in [6.45, 7) is 3.06. The van der Waals surface area contributed by atoms with E-state index in [1.807, 2.05) is 24.7 Å². The second-order valence-electron chi connectivity index (χ2n) is 4.51. The molecule has 0 radical (unpaired) electrons. The molecule has 20 heavy (non-hydrogen) atoms. The van der Waals surface area contributed by atoms with Gasteiger partial charge in [0, 0.05) is 24.5 Å². The maximum absolute atomic E-state index is 4.48. The van der Waals surface area contributed by atoms with Crippen molar-refractivity contribution in [3.05, 3.63) is 59.9 Å². The van der Waals surface area contributed by atoms with E-state index in [1.165, 1.54) is 11.1 Å². The Bertz CT molecular complexity index is 572. The number of hydrogen-bond donors (Lipinski definition) is 0. The summed E-state index contributed by atoms with van der Waals surface area (Å²) in [5, 5.41) is 0. The minimum absolute atomic E-state index is 0. The van der Waals surface area contributed by atoms with Crippen LogP contribution in [-0.4, -0.2) is 16.2 Å². The smallest absolute Gasteiger partial charge is 0.0920 e. The molecule has 0 amide bonds. The molecule has 0 fully saturated rings. The predicted octanol–water partition coefficient (Wildman–Crippen LogP) is 4.16. The highest BCUT2D eigenvalue weighted by atomic mass is 35.5. The molecule has 1 aliphatic heterocycles. The van der Waals surface area contributed by atoms with E-state index >= 15 is 0 Å².